The lowest BCUT2D eigenvalue weighted by Crippen LogP contribution is -2.39. The number of carboxylic acids is 1. The Morgan fingerprint density at radius 1 is 1.52 bits per heavy atom. The van der Waals surface area contributed by atoms with Gasteiger partial charge in [-0.25, -0.2) is 0 Å². The van der Waals surface area contributed by atoms with E-state index < -0.39 is 5.97 Å². The fourth-order valence-corrected chi connectivity index (χ4v) is 3.43. The largest absolute Gasteiger partial charge is 0.497 e. The molecule has 2 atom stereocenters. The lowest BCUT2D eigenvalue weighted by molar-refractivity contribution is -0.138. The Balaban J connectivity index is 2.29. The van der Waals surface area contributed by atoms with Gasteiger partial charge in [-0.2, -0.15) is 0 Å². The van der Waals surface area contributed by atoms with Gasteiger partial charge in [0.1, 0.15) is 5.75 Å². The van der Waals surface area contributed by atoms with E-state index in [0.29, 0.717) is 6.04 Å². The van der Waals surface area contributed by atoms with Crippen molar-refractivity contribution in [3.8, 4) is 5.75 Å². The molecule has 1 N–H and O–H groups in total. The quantitative estimate of drug-likeness (QED) is 0.874. The van der Waals surface area contributed by atoms with Gasteiger partial charge in [-0.3, -0.25) is 9.69 Å². The van der Waals surface area contributed by atoms with Crippen molar-refractivity contribution in [3.05, 3.63) is 29.3 Å². The fraction of sp³-hybridized carbons (Fsp3) is 0.588. The van der Waals surface area contributed by atoms with E-state index in [-0.39, 0.29) is 12.5 Å². The summed E-state index contributed by atoms with van der Waals surface area (Å²) in [4.78, 5) is 13.3. The van der Waals surface area contributed by atoms with Gasteiger partial charge in [0.25, 0.3) is 0 Å². The Bertz CT molecular complexity index is 501. The number of hydrogen-bond donors (Lipinski definition) is 1. The zero-order valence-corrected chi connectivity index (χ0v) is 13.1. The van der Waals surface area contributed by atoms with Gasteiger partial charge in [-0.15, -0.1) is 0 Å². The Kier molecular flexibility index (Phi) is 5.23. The van der Waals surface area contributed by atoms with Crippen LogP contribution in [0.25, 0.3) is 0 Å². The molecular weight excluding hydrogens is 266 g/mol. The van der Waals surface area contributed by atoms with Gasteiger partial charge in [0.15, 0.2) is 0 Å². The summed E-state index contributed by atoms with van der Waals surface area (Å²) < 4.78 is 5.35. The highest BCUT2D eigenvalue weighted by Crippen LogP contribution is 2.37. The van der Waals surface area contributed by atoms with Crippen LogP contribution in [0.4, 0.5) is 0 Å². The van der Waals surface area contributed by atoms with Gasteiger partial charge in [0, 0.05) is 12.1 Å². The monoisotopic (exact) mass is 291 g/mol. The van der Waals surface area contributed by atoms with Crippen LogP contribution in [0.5, 0.6) is 5.75 Å². The van der Waals surface area contributed by atoms with E-state index in [1.165, 1.54) is 11.1 Å². The summed E-state index contributed by atoms with van der Waals surface area (Å²) >= 11 is 0. The first-order valence-electron chi connectivity index (χ1n) is 7.71. The molecule has 0 bridgehead atoms. The maximum atomic E-state index is 11.0. The molecule has 0 amide bonds. The first-order valence-corrected chi connectivity index (χ1v) is 7.71. The molecule has 1 aliphatic rings. The molecule has 0 aromatic heterocycles. The molecule has 1 aliphatic carbocycles. The van der Waals surface area contributed by atoms with Crippen LogP contribution < -0.4 is 4.74 Å². The number of ether oxygens (including phenoxy) is 1. The summed E-state index contributed by atoms with van der Waals surface area (Å²) in [6, 6.07) is 6.61. The highest BCUT2D eigenvalue weighted by molar-refractivity contribution is 5.67. The van der Waals surface area contributed by atoms with E-state index in [4.69, 9.17) is 9.84 Å². The van der Waals surface area contributed by atoms with Crippen LogP contribution in [0.15, 0.2) is 18.2 Å². The third-order valence-corrected chi connectivity index (χ3v) is 4.44. The van der Waals surface area contributed by atoms with Gasteiger partial charge in [-0.1, -0.05) is 13.0 Å². The molecule has 0 fully saturated rings. The number of methoxy groups -OCH3 is 1. The molecule has 1 aromatic rings. The summed E-state index contributed by atoms with van der Waals surface area (Å²) in [5, 5.41) is 9.06. The van der Waals surface area contributed by atoms with E-state index in [2.05, 4.69) is 24.0 Å². The number of carboxylic acid groups (broad SMARTS) is 1. The minimum atomic E-state index is -0.734. The van der Waals surface area contributed by atoms with E-state index >= 15 is 0 Å². The molecule has 0 heterocycles. The molecule has 4 heteroatoms. The Hall–Kier alpha value is -1.55. The van der Waals surface area contributed by atoms with Crippen molar-refractivity contribution in [2.45, 2.75) is 51.6 Å². The molecule has 2 rings (SSSR count). The predicted molar refractivity (Wildman–Crippen MR) is 82.8 cm³/mol. The molecule has 0 saturated carbocycles. The highest BCUT2D eigenvalue weighted by Gasteiger charge is 2.29. The van der Waals surface area contributed by atoms with Crippen molar-refractivity contribution in [1.82, 2.24) is 4.90 Å². The summed E-state index contributed by atoms with van der Waals surface area (Å²) in [5.74, 6) is 0.144. The van der Waals surface area contributed by atoms with Crippen molar-refractivity contribution in [3.63, 3.8) is 0 Å². The smallest absolute Gasteiger partial charge is 0.304 e. The molecule has 21 heavy (non-hydrogen) atoms. The third kappa shape index (κ3) is 3.56. The van der Waals surface area contributed by atoms with Crippen molar-refractivity contribution < 1.29 is 14.6 Å². The standard InChI is InChI=1S/C17H25NO3/c1-4-18(12(2)10-17(19)20)16-7-5-6-13-8-9-14(21-3)11-15(13)16/h8-9,11-12,16H,4-7,10H2,1-3H3,(H,19,20). The summed E-state index contributed by atoms with van der Waals surface area (Å²) in [7, 11) is 1.68. The minimum absolute atomic E-state index is 0.0367. The van der Waals surface area contributed by atoms with Gasteiger partial charge >= 0.3 is 5.97 Å². The highest BCUT2D eigenvalue weighted by atomic mass is 16.5. The Morgan fingerprint density at radius 2 is 2.29 bits per heavy atom. The Labute approximate surface area is 126 Å². The van der Waals surface area contributed by atoms with Gasteiger partial charge in [0.05, 0.1) is 13.5 Å². The average Bonchev–Trinajstić information content (AvgIpc) is 2.47. The number of hydrogen-bond acceptors (Lipinski definition) is 3. The molecule has 0 saturated heterocycles. The number of aryl methyl sites for hydroxylation is 1. The number of rotatable bonds is 6. The maximum Gasteiger partial charge on any atom is 0.304 e. The zero-order valence-electron chi connectivity index (χ0n) is 13.1. The third-order valence-electron chi connectivity index (χ3n) is 4.44. The first kappa shape index (κ1) is 15.8. The number of benzene rings is 1. The first-order chi connectivity index (χ1) is 10.1. The summed E-state index contributed by atoms with van der Waals surface area (Å²) in [6.07, 6.45) is 3.52. The zero-order chi connectivity index (χ0) is 15.4. The van der Waals surface area contributed by atoms with Crippen molar-refractivity contribution in [1.29, 1.82) is 0 Å². The lowest BCUT2D eigenvalue weighted by atomic mass is 9.86. The van der Waals surface area contributed by atoms with Crippen molar-refractivity contribution in [2.75, 3.05) is 13.7 Å². The molecule has 116 valence electrons. The topological polar surface area (TPSA) is 49.8 Å². The molecule has 1 aromatic carbocycles. The van der Waals surface area contributed by atoms with Crippen molar-refractivity contribution >= 4 is 5.97 Å². The number of nitrogens with zero attached hydrogens (tertiary/aromatic N) is 1. The van der Waals surface area contributed by atoms with E-state index in [1.807, 2.05) is 13.0 Å². The predicted octanol–water partition coefficient (Wildman–Crippen LogP) is 3.26. The average molecular weight is 291 g/mol. The van der Waals surface area contributed by atoms with Crippen LogP contribution in [-0.2, 0) is 11.2 Å². The van der Waals surface area contributed by atoms with E-state index in [0.717, 1.165) is 31.6 Å². The van der Waals surface area contributed by atoms with Gasteiger partial charge < -0.3 is 9.84 Å². The van der Waals surface area contributed by atoms with Gasteiger partial charge in [0.2, 0.25) is 0 Å². The van der Waals surface area contributed by atoms with Gasteiger partial charge in [-0.05, 0) is 56.0 Å². The molecule has 2 unspecified atom stereocenters. The van der Waals surface area contributed by atoms with Crippen molar-refractivity contribution in [2.24, 2.45) is 0 Å². The summed E-state index contributed by atoms with van der Waals surface area (Å²) in [5.41, 5.74) is 2.67. The molecule has 0 spiro atoms. The van der Waals surface area contributed by atoms with E-state index in [9.17, 15) is 4.79 Å². The van der Waals surface area contributed by atoms with Crippen LogP contribution >= 0.6 is 0 Å². The minimum Gasteiger partial charge on any atom is -0.497 e. The molecular formula is C17H25NO3. The number of aliphatic carboxylic acids is 1. The number of fused-ring (bicyclic) bond motifs is 1. The lowest BCUT2D eigenvalue weighted by Gasteiger charge is -2.38. The maximum absolute atomic E-state index is 11.0. The Morgan fingerprint density at radius 3 is 2.90 bits per heavy atom. The van der Waals surface area contributed by atoms with Crippen LogP contribution in [0, 0.1) is 0 Å². The van der Waals surface area contributed by atoms with Crippen LogP contribution in [0.3, 0.4) is 0 Å². The van der Waals surface area contributed by atoms with Crippen LogP contribution in [0.2, 0.25) is 0 Å². The number of carbonyl (C=O) groups is 1. The SMILES string of the molecule is CCN(C(C)CC(=O)O)C1CCCc2ccc(OC)cc21. The van der Waals surface area contributed by atoms with Crippen LogP contribution in [-0.4, -0.2) is 35.7 Å². The normalized spacial score (nSPS) is 19.1. The second kappa shape index (κ2) is 6.94. The van der Waals surface area contributed by atoms with E-state index in [1.54, 1.807) is 7.11 Å². The summed E-state index contributed by atoms with van der Waals surface area (Å²) in [6.45, 7) is 4.97. The fourth-order valence-electron chi connectivity index (χ4n) is 3.43. The molecule has 4 nitrogen and oxygen atoms in total. The second-order valence-corrected chi connectivity index (χ2v) is 5.75. The molecule has 0 aliphatic heterocycles. The van der Waals surface area contributed by atoms with Crippen LogP contribution in [0.1, 0.15) is 50.3 Å². The second-order valence-electron chi connectivity index (χ2n) is 5.75. The molecule has 0 radical (unpaired) electrons.